The largest absolute Gasteiger partial charge is 0.493 e. The van der Waals surface area contributed by atoms with Crippen LogP contribution in [0.5, 0.6) is 11.5 Å². The zero-order valence-corrected chi connectivity index (χ0v) is 16.9. The average molecular weight is 406 g/mol. The molecule has 0 fully saturated rings. The number of amides is 1. The van der Waals surface area contributed by atoms with Gasteiger partial charge in [0, 0.05) is 28.8 Å². The normalized spacial score (nSPS) is 14.2. The van der Waals surface area contributed by atoms with Gasteiger partial charge in [-0.3, -0.25) is 4.79 Å². The Morgan fingerprint density at radius 1 is 1.00 bits per heavy atom. The molecular weight excluding hydrogens is 386 g/mol. The minimum atomic E-state index is -0.0239. The lowest BCUT2D eigenvalue weighted by molar-refractivity contribution is -0.112. The van der Waals surface area contributed by atoms with Crippen LogP contribution < -0.4 is 14.4 Å². The zero-order valence-electron chi connectivity index (χ0n) is 16.2. The van der Waals surface area contributed by atoms with Gasteiger partial charge in [-0.15, -0.1) is 0 Å². The monoisotopic (exact) mass is 405 g/mol. The molecule has 1 amide bonds. The molecule has 146 valence electrons. The summed E-state index contributed by atoms with van der Waals surface area (Å²) in [6.07, 6.45) is 1.88. The number of ether oxygens (including phenoxy) is 2. The number of para-hydroxylation sites is 1. The Kier molecular flexibility index (Phi) is 5.28. The second-order valence-electron chi connectivity index (χ2n) is 6.73. The second kappa shape index (κ2) is 8.02. The Balaban J connectivity index is 1.61. The van der Waals surface area contributed by atoms with Crippen molar-refractivity contribution in [3.8, 4) is 11.5 Å². The molecule has 1 aliphatic heterocycles. The third kappa shape index (κ3) is 3.71. The van der Waals surface area contributed by atoms with Crippen LogP contribution in [-0.4, -0.2) is 20.1 Å². The van der Waals surface area contributed by atoms with E-state index in [1.165, 1.54) is 0 Å². The number of carbonyl (C=O) groups is 1. The maximum absolute atomic E-state index is 12.7. The number of carbonyl (C=O) groups excluding carboxylic acids is 1. The van der Waals surface area contributed by atoms with Crippen molar-refractivity contribution in [2.75, 3.05) is 19.1 Å². The molecule has 4 nitrogen and oxygen atoms in total. The van der Waals surface area contributed by atoms with Gasteiger partial charge in [0.2, 0.25) is 0 Å². The van der Waals surface area contributed by atoms with Crippen molar-refractivity contribution in [1.29, 1.82) is 0 Å². The van der Waals surface area contributed by atoms with Gasteiger partial charge in [0.25, 0.3) is 5.91 Å². The molecule has 0 aliphatic carbocycles. The first kappa shape index (κ1) is 19.1. The summed E-state index contributed by atoms with van der Waals surface area (Å²) in [7, 11) is 3.38. The molecule has 0 atom stereocenters. The lowest BCUT2D eigenvalue weighted by Crippen LogP contribution is -2.20. The molecule has 4 rings (SSSR count). The summed E-state index contributed by atoms with van der Waals surface area (Å²) in [6, 6.07) is 20.9. The molecule has 0 unspecified atom stereocenters. The van der Waals surface area contributed by atoms with E-state index in [1.807, 2.05) is 72.8 Å². The highest BCUT2D eigenvalue weighted by molar-refractivity contribution is 6.35. The van der Waals surface area contributed by atoms with E-state index >= 15 is 0 Å². The number of rotatable bonds is 5. The molecule has 0 saturated carbocycles. The molecule has 1 aliphatic rings. The van der Waals surface area contributed by atoms with Gasteiger partial charge in [0.05, 0.1) is 12.8 Å². The molecule has 0 spiro atoms. The maximum atomic E-state index is 12.7. The highest BCUT2D eigenvalue weighted by atomic mass is 35.5. The van der Waals surface area contributed by atoms with Crippen LogP contribution in [0.25, 0.3) is 11.6 Å². The summed E-state index contributed by atoms with van der Waals surface area (Å²) in [5.41, 5.74) is 4.27. The SMILES string of the molecule is COc1cc(/C=C2/C(=O)N(C)c3ccccc32)ccc1OCc1ccccc1Cl. The van der Waals surface area contributed by atoms with Crippen molar-refractivity contribution >= 4 is 34.8 Å². The Bertz CT molecular complexity index is 1110. The predicted octanol–water partition coefficient (Wildman–Crippen LogP) is 5.44. The fraction of sp³-hybridized carbons (Fsp3) is 0.125. The Morgan fingerprint density at radius 3 is 2.55 bits per heavy atom. The lowest BCUT2D eigenvalue weighted by atomic mass is 10.0. The highest BCUT2D eigenvalue weighted by Crippen LogP contribution is 2.37. The van der Waals surface area contributed by atoms with E-state index in [1.54, 1.807) is 19.1 Å². The molecule has 0 bridgehead atoms. The van der Waals surface area contributed by atoms with E-state index in [4.69, 9.17) is 21.1 Å². The number of anilines is 1. The summed E-state index contributed by atoms with van der Waals surface area (Å²) in [4.78, 5) is 14.3. The Morgan fingerprint density at radius 2 is 1.76 bits per heavy atom. The molecule has 3 aromatic carbocycles. The number of fused-ring (bicyclic) bond motifs is 1. The standard InChI is InChI=1S/C24H20ClNO3/c1-26-21-10-6-4-8-18(21)19(24(26)27)13-16-11-12-22(23(14-16)28-2)29-15-17-7-3-5-9-20(17)25/h3-14H,15H2,1-2H3/b19-13+. The number of nitrogens with zero attached hydrogens (tertiary/aromatic N) is 1. The summed E-state index contributed by atoms with van der Waals surface area (Å²) >= 11 is 6.20. The van der Waals surface area contributed by atoms with Crippen molar-refractivity contribution in [3.63, 3.8) is 0 Å². The van der Waals surface area contributed by atoms with Crippen molar-refractivity contribution in [2.24, 2.45) is 0 Å². The van der Waals surface area contributed by atoms with Gasteiger partial charge < -0.3 is 14.4 Å². The smallest absolute Gasteiger partial charge is 0.258 e. The summed E-state index contributed by atoms with van der Waals surface area (Å²) < 4.78 is 11.4. The van der Waals surface area contributed by atoms with Gasteiger partial charge in [0.1, 0.15) is 6.61 Å². The predicted molar refractivity (Wildman–Crippen MR) is 117 cm³/mol. The first-order chi connectivity index (χ1) is 14.1. The lowest BCUT2D eigenvalue weighted by Gasteiger charge is -2.12. The van der Waals surface area contributed by atoms with Gasteiger partial charge in [0.15, 0.2) is 11.5 Å². The molecule has 1 heterocycles. The average Bonchev–Trinajstić information content (AvgIpc) is 2.99. The number of halogens is 1. The van der Waals surface area contributed by atoms with E-state index in [0.29, 0.717) is 28.7 Å². The third-order valence-electron chi connectivity index (χ3n) is 4.93. The molecule has 0 radical (unpaired) electrons. The summed E-state index contributed by atoms with van der Waals surface area (Å²) in [5, 5.41) is 0.662. The quantitative estimate of drug-likeness (QED) is 0.530. The second-order valence-corrected chi connectivity index (χ2v) is 7.14. The van der Waals surface area contributed by atoms with Crippen LogP contribution in [0.15, 0.2) is 66.7 Å². The van der Waals surface area contributed by atoms with E-state index in [0.717, 1.165) is 22.4 Å². The number of methoxy groups -OCH3 is 1. The van der Waals surface area contributed by atoms with Crippen molar-refractivity contribution in [2.45, 2.75) is 6.61 Å². The van der Waals surface area contributed by atoms with Gasteiger partial charge in [-0.1, -0.05) is 54.1 Å². The minimum absolute atomic E-state index is 0.0239. The third-order valence-corrected chi connectivity index (χ3v) is 5.30. The number of likely N-dealkylation sites (N-methyl/N-ethyl adjacent to an activating group) is 1. The molecule has 0 aromatic heterocycles. The van der Waals surface area contributed by atoms with Crippen LogP contribution in [0.2, 0.25) is 5.02 Å². The first-order valence-corrected chi connectivity index (χ1v) is 9.59. The molecule has 0 saturated heterocycles. The number of hydrogen-bond donors (Lipinski definition) is 0. The summed E-state index contributed by atoms with van der Waals surface area (Å²) in [5.74, 6) is 1.19. The van der Waals surface area contributed by atoms with Crippen LogP contribution in [0.3, 0.4) is 0 Å². The fourth-order valence-electron chi connectivity index (χ4n) is 3.37. The van der Waals surface area contributed by atoms with E-state index in [2.05, 4.69) is 0 Å². The Labute approximate surface area is 174 Å². The molecule has 5 heteroatoms. The van der Waals surface area contributed by atoms with Gasteiger partial charge in [-0.2, -0.15) is 0 Å². The van der Waals surface area contributed by atoms with Crippen LogP contribution in [0.4, 0.5) is 5.69 Å². The molecule has 0 N–H and O–H groups in total. The van der Waals surface area contributed by atoms with Crippen molar-refractivity contribution in [3.05, 3.63) is 88.4 Å². The van der Waals surface area contributed by atoms with Crippen LogP contribution in [0, 0.1) is 0 Å². The van der Waals surface area contributed by atoms with E-state index in [-0.39, 0.29) is 5.91 Å². The van der Waals surface area contributed by atoms with Gasteiger partial charge >= 0.3 is 0 Å². The van der Waals surface area contributed by atoms with Crippen LogP contribution in [0.1, 0.15) is 16.7 Å². The van der Waals surface area contributed by atoms with E-state index in [9.17, 15) is 4.79 Å². The molecule has 3 aromatic rings. The summed E-state index contributed by atoms with van der Waals surface area (Å²) in [6.45, 7) is 0.340. The van der Waals surface area contributed by atoms with E-state index < -0.39 is 0 Å². The van der Waals surface area contributed by atoms with Crippen molar-refractivity contribution < 1.29 is 14.3 Å². The highest BCUT2D eigenvalue weighted by Gasteiger charge is 2.29. The van der Waals surface area contributed by atoms with Crippen LogP contribution >= 0.6 is 11.6 Å². The number of benzene rings is 3. The minimum Gasteiger partial charge on any atom is -0.493 e. The maximum Gasteiger partial charge on any atom is 0.258 e. The molecular formula is C24H20ClNO3. The van der Waals surface area contributed by atoms with Gasteiger partial charge in [-0.25, -0.2) is 0 Å². The van der Waals surface area contributed by atoms with Crippen molar-refractivity contribution in [1.82, 2.24) is 0 Å². The molecule has 29 heavy (non-hydrogen) atoms. The topological polar surface area (TPSA) is 38.8 Å². The zero-order chi connectivity index (χ0) is 20.4. The first-order valence-electron chi connectivity index (χ1n) is 9.22. The van der Waals surface area contributed by atoms with Gasteiger partial charge in [-0.05, 0) is 35.9 Å². The number of hydrogen-bond acceptors (Lipinski definition) is 3. The fourth-order valence-corrected chi connectivity index (χ4v) is 3.56. The van der Waals surface area contributed by atoms with Crippen LogP contribution in [-0.2, 0) is 11.4 Å². The Hall–Kier alpha value is -3.24.